The van der Waals surface area contributed by atoms with Crippen LogP contribution in [0.25, 0.3) is 10.2 Å². The Morgan fingerprint density at radius 2 is 1.74 bits per heavy atom. The minimum absolute atomic E-state index is 0.00306. The monoisotopic (exact) mass is 574 g/mol. The molecule has 1 amide bonds. The number of benzene rings is 2. The Morgan fingerprint density at radius 3 is 2.44 bits per heavy atom. The molecular formula is C28H35FN4O4S2. The molecule has 0 spiro atoms. The molecule has 0 saturated carbocycles. The van der Waals surface area contributed by atoms with Crippen LogP contribution in [0.5, 0.6) is 0 Å². The van der Waals surface area contributed by atoms with Crippen LogP contribution in [0.2, 0.25) is 0 Å². The van der Waals surface area contributed by atoms with Crippen molar-refractivity contribution in [1.29, 1.82) is 0 Å². The van der Waals surface area contributed by atoms with Crippen LogP contribution in [0.1, 0.15) is 30.4 Å². The summed E-state index contributed by atoms with van der Waals surface area (Å²) >= 11 is 1.53. The van der Waals surface area contributed by atoms with E-state index in [0.717, 1.165) is 61.6 Å². The molecule has 0 aliphatic carbocycles. The second-order valence-electron chi connectivity index (χ2n) is 10.3. The maximum atomic E-state index is 13.9. The van der Waals surface area contributed by atoms with E-state index in [-0.39, 0.29) is 29.8 Å². The van der Waals surface area contributed by atoms with Crippen molar-refractivity contribution in [2.45, 2.75) is 38.0 Å². The molecule has 0 unspecified atom stereocenters. The Morgan fingerprint density at radius 1 is 1.08 bits per heavy atom. The quantitative estimate of drug-likeness (QED) is 0.401. The number of ether oxygens (including phenoxy) is 1. The van der Waals surface area contributed by atoms with Crippen LogP contribution in [0.15, 0.2) is 41.3 Å². The number of fused-ring (bicyclic) bond motifs is 1. The van der Waals surface area contributed by atoms with E-state index in [9.17, 15) is 17.6 Å². The summed E-state index contributed by atoms with van der Waals surface area (Å²) in [5.41, 5.74) is 3.25. The van der Waals surface area contributed by atoms with Gasteiger partial charge in [0.2, 0.25) is 15.9 Å². The lowest BCUT2D eigenvalue weighted by Crippen LogP contribution is -2.45. The van der Waals surface area contributed by atoms with Crippen molar-refractivity contribution in [2.24, 2.45) is 5.92 Å². The van der Waals surface area contributed by atoms with Gasteiger partial charge in [-0.3, -0.25) is 14.6 Å². The van der Waals surface area contributed by atoms with Gasteiger partial charge in [0.1, 0.15) is 5.82 Å². The van der Waals surface area contributed by atoms with E-state index in [1.54, 1.807) is 0 Å². The average molecular weight is 575 g/mol. The van der Waals surface area contributed by atoms with E-state index in [1.807, 2.05) is 4.90 Å². The van der Waals surface area contributed by atoms with E-state index < -0.39 is 15.8 Å². The molecule has 0 radical (unpaired) electrons. The molecule has 1 aromatic heterocycles. The van der Waals surface area contributed by atoms with Crippen molar-refractivity contribution in [3.63, 3.8) is 0 Å². The van der Waals surface area contributed by atoms with Gasteiger partial charge in [0.25, 0.3) is 0 Å². The third kappa shape index (κ3) is 6.33. The first-order valence-electron chi connectivity index (χ1n) is 13.5. The van der Waals surface area contributed by atoms with Gasteiger partial charge in [-0.1, -0.05) is 11.3 Å². The van der Waals surface area contributed by atoms with Crippen molar-refractivity contribution in [1.82, 2.24) is 14.2 Å². The van der Waals surface area contributed by atoms with Crippen molar-refractivity contribution >= 4 is 42.6 Å². The largest absolute Gasteiger partial charge is 0.379 e. The van der Waals surface area contributed by atoms with Crippen LogP contribution in [0, 0.1) is 25.6 Å². The number of carbonyl (C=O) groups is 1. The zero-order chi connectivity index (χ0) is 27.6. The van der Waals surface area contributed by atoms with Gasteiger partial charge in [-0.15, -0.1) is 0 Å². The molecule has 3 aromatic rings. The zero-order valence-corrected chi connectivity index (χ0v) is 24.1. The molecule has 11 heteroatoms. The van der Waals surface area contributed by atoms with Gasteiger partial charge in [0.15, 0.2) is 5.13 Å². The number of morpholine rings is 1. The standard InChI is InChI=1S/C28H35FN4O4S2/c1-20-18-25-26(19-21(20)2)38-28(30-25)33(11-3-10-31-14-16-37-17-15-31)27(34)22-8-12-32(13-9-22)39(35,36)24-6-4-23(29)5-7-24/h4-7,18-19,22H,3,8-17H2,1-2H3. The van der Waals surface area contributed by atoms with Crippen molar-refractivity contribution in [3.8, 4) is 0 Å². The fourth-order valence-electron chi connectivity index (χ4n) is 5.18. The molecule has 2 aliphatic heterocycles. The molecule has 0 bridgehead atoms. The lowest BCUT2D eigenvalue weighted by molar-refractivity contribution is -0.123. The number of piperidine rings is 1. The molecule has 3 heterocycles. The number of hydrogen-bond donors (Lipinski definition) is 0. The van der Waals surface area contributed by atoms with Crippen molar-refractivity contribution in [3.05, 3.63) is 53.3 Å². The van der Waals surface area contributed by atoms with E-state index in [2.05, 4.69) is 30.9 Å². The fourth-order valence-corrected chi connectivity index (χ4v) is 7.73. The summed E-state index contributed by atoms with van der Waals surface area (Å²) in [5.74, 6) is -0.765. The van der Waals surface area contributed by atoms with Crippen molar-refractivity contribution in [2.75, 3.05) is 57.4 Å². The van der Waals surface area contributed by atoms with E-state index in [1.165, 1.54) is 38.9 Å². The number of aromatic nitrogens is 1. The number of amides is 1. The Kier molecular flexibility index (Phi) is 8.63. The lowest BCUT2D eigenvalue weighted by Gasteiger charge is -2.33. The Labute approximate surface area is 233 Å². The molecule has 2 saturated heterocycles. The highest BCUT2D eigenvalue weighted by Gasteiger charge is 2.35. The second-order valence-corrected chi connectivity index (χ2v) is 13.3. The molecule has 0 N–H and O–H groups in total. The Balaban J connectivity index is 1.31. The highest BCUT2D eigenvalue weighted by molar-refractivity contribution is 7.89. The summed E-state index contributed by atoms with van der Waals surface area (Å²) in [7, 11) is -3.74. The summed E-state index contributed by atoms with van der Waals surface area (Å²) in [5, 5.41) is 0.698. The third-order valence-electron chi connectivity index (χ3n) is 7.70. The number of aryl methyl sites for hydroxylation is 2. The van der Waals surface area contributed by atoms with Gasteiger partial charge < -0.3 is 4.74 Å². The summed E-state index contributed by atoms with van der Waals surface area (Å²) in [6.07, 6.45) is 1.68. The highest BCUT2D eigenvalue weighted by atomic mass is 32.2. The maximum absolute atomic E-state index is 13.9. The lowest BCUT2D eigenvalue weighted by atomic mass is 9.96. The molecule has 8 nitrogen and oxygen atoms in total. The number of rotatable bonds is 8. The number of sulfonamides is 1. The van der Waals surface area contributed by atoms with Gasteiger partial charge in [-0.2, -0.15) is 4.31 Å². The molecular weight excluding hydrogens is 539 g/mol. The average Bonchev–Trinajstić information content (AvgIpc) is 3.34. The van der Waals surface area contributed by atoms with Gasteiger partial charge in [0, 0.05) is 45.2 Å². The summed E-state index contributed by atoms with van der Waals surface area (Å²) in [6, 6.07) is 9.07. The van der Waals surface area contributed by atoms with Gasteiger partial charge in [-0.25, -0.2) is 17.8 Å². The van der Waals surface area contributed by atoms with E-state index >= 15 is 0 Å². The normalized spacial score (nSPS) is 18.0. The summed E-state index contributed by atoms with van der Waals surface area (Å²) in [6.45, 7) is 9.33. The third-order valence-corrected chi connectivity index (χ3v) is 10.7. The molecule has 39 heavy (non-hydrogen) atoms. The maximum Gasteiger partial charge on any atom is 0.243 e. The molecule has 2 fully saturated rings. The van der Waals surface area contributed by atoms with Crippen LogP contribution in [0.3, 0.4) is 0 Å². The topological polar surface area (TPSA) is 83.1 Å². The second kappa shape index (κ2) is 12.0. The first kappa shape index (κ1) is 28.1. The SMILES string of the molecule is Cc1cc2nc(N(CCCN3CCOCC3)C(=O)C3CCN(S(=O)(=O)c4ccc(F)cc4)CC3)sc2cc1C. The molecule has 2 aromatic carbocycles. The fraction of sp³-hybridized carbons (Fsp3) is 0.500. The summed E-state index contributed by atoms with van der Waals surface area (Å²) < 4.78 is 47.3. The van der Waals surface area contributed by atoms with Crippen LogP contribution in [0.4, 0.5) is 9.52 Å². The van der Waals surface area contributed by atoms with Gasteiger partial charge in [0.05, 0.1) is 28.3 Å². The predicted octanol–water partition coefficient (Wildman–Crippen LogP) is 4.21. The summed E-state index contributed by atoms with van der Waals surface area (Å²) in [4.78, 5) is 23.0. The minimum atomic E-state index is -3.74. The van der Waals surface area contributed by atoms with Crippen LogP contribution in [-0.2, 0) is 19.6 Å². The van der Waals surface area contributed by atoms with Crippen LogP contribution < -0.4 is 4.90 Å². The number of halogens is 1. The first-order valence-corrected chi connectivity index (χ1v) is 15.7. The Bertz CT molecular complexity index is 1370. The number of nitrogens with zero attached hydrogens (tertiary/aromatic N) is 4. The van der Waals surface area contributed by atoms with Gasteiger partial charge >= 0.3 is 0 Å². The smallest absolute Gasteiger partial charge is 0.243 e. The first-order chi connectivity index (χ1) is 18.7. The molecule has 0 atom stereocenters. The van der Waals surface area contributed by atoms with Crippen LogP contribution in [-0.4, -0.2) is 81.0 Å². The number of hydrogen-bond acceptors (Lipinski definition) is 7. The highest BCUT2D eigenvalue weighted by Crippen LogP contribution is 2.33. The minimum Gasteiger partial charge on any atom is -0.379 e. The molecule has 210 valence electrons. The predicted molar refractivity (Wildman–Crippen MR) is 151 cm³/mol. The van der Waals surface area contributed by atoms with Crippen LogP contribution >= 0.6 is 11.3 Å². The Hall–Kier alpha value is -2.44. The van der Waals surface area contributed by atoms with E-state index in [0.29, 0.717) is 24.5 Å². The van der Waals surface area contributed by atoms with Crippen molar-refractivity contribution < 1.29 is 22.3 Å². The number of thiazole rings is 1. The zero-order valence-electron chi connectivity index (χ0n) is 22.4. The molecule has 2 aliphatic rings. The van der Waals surface area contributed by atoms with E-state index in [4.69, 9.17) is 9.72 Å². The number of carbonyl (C=O) groups excluding carboxylic acids is 1. The molecule has 5 rings (SSSR count). The van der Waals surface area contributed by atoms with Gasteiger partial charge in [-0.05, 0) is 80.6 Å². The number of anilines is 1.